The number of amides is 1. The molecule has 1 amide bonds. The molecule has 2 heterocycles. The molecule has 0 spiro atoms. The summed E-state index contributed by atoms with van der Waals surface area (Å²) in [6.45, 7) is 1.75. The standard InChI is InChI=1S/C19H14ClN3O3/c1-11-8-17(22-26-11)21-18(24)10-23-15-5-3-2-4-13(15)19(25)14-7-6-12(20)9-16(14)23/h2-9H,10H2,1H3,(H,21,22,24). The highest BCUT2D eigenvalue weighted by molar-refractivity contribution is 6.31. The van der Waals surface area contributed by atoms with E-state index in [1.165, 1.54) is 0 Å². The summed E-state index contributed by atoms with van der Waals surface area (Å²) in [7, 11) is 0. The molecule has 6 nitrogen and oxygen atoms in total. The zero-order valence-corrected chi connectivity index (χ0v) is 14.6. The summed E-state index contributed by atoms with van der Waals surface area (Å²) in [6, 6.07) is 13.9. The second kappa shape index (κ2) is 6.31. The van der Waals surface area contributed by atoms with Crippen LogP contribution in [0.2, 0.25) is 5.02 Å². The molecule has 0 saturated heterocycles. The number of fused-ring (bicyclic) bond motifs is 2. The van der Waals surface area contributed by atoms with E-state index in [4.69, 9.17) is 16.1 Å². The zero-order chi connectivity index (χ0) is 18.3. The minimum atomic E-state index is -0.284. The van der Waals surface area contributed by atoms with Gasteiger partial charge in [-0.15, -0.1) is 0 Å². The predicted octanol–water partition coefficient (Wildman–Crippen LogP) is 3.74. The maximum atomic E-state index is 12.8. The fourth-order valence-electron chi connectivity index (χ4n) is 3.02. The number of halogens is 1. The molecule has 0 fully saturated rings. The molecule has 0 saturated carbocycles. The highest BCUT2D eigenvalue weighted by Gasteiger charge is 2.14. The monoisotopic (exact) mass is 367 g/mol. The molecule has 0 aliphatic heterocycles. The summed E-state index contributed by atoms with van der Waals surface area (Å²) in [4.78, 5) is 25.3. The number of rotatable bonds is 3. The lowest BCUT2D eigenvalue weighted by atomic mass is 10.1. The number of hydrogen-bond acceptors (Lipinski definition) is 4. The molecule has 4 rings (SSSR count). The van der Waals surface area contributed by atoms with Crippen LogP contribution in [0, 0.1) is 6.92 Å². The Bertz CT molecular complexity index is 1210. The summed E-state index contributed by atoms with van der Waals surface area (Å²) in [5.74, 6) is 0.667. The number of carbonyl (C=O) groups is 1. The first-order valence-electron chi connectivity index (χ1n) is 7.97. The van der Waals surface area contributed by atoms with E-state index < -0.39 is 0 Å². The van der Waals surface area contributed by atoms with Gasteiger partial charge in [-0.05, 0) is 37.3 Å². The zero-order valence-electron chi connectivity index (χ0n) is 13.8. The van der Waals surface area contributed by atoms with E-state index in [0.717, 1.165) is 0 Å². The van der Waals surface area contributed by atoms with Crippen LogP contribution >= 0.6 is 11.6 Å². The van der Waals surface area contributed by atoms with E-state index in [9.17, 15) is 9.59 Å². The van der Waals surface area contributed by atoms with Crippen molar-refractivity contribution < 1.29 is 9.32 Å². The Morgan fingerprint density at radius 2 is 1.92 bits per heavy atom. The van der Waals surface area contributed by atoms with Gasteiger partial charge in [0.25, 0.3) is 0 Å². The van der Waals surface area contributed by atoms with E-state index >= 15 is 0 Å². The third-order valence-corrected chi connectivity index (χ3v) is 4.37. The molecule has 0 atom stereocenters. The molecule has 2 aromatic carbocycles. The number of pyridine rings is 1. The van der Waals surface area contributed by atoms with Gasteiger partial charge in [-0.3, -0.25) is 9.59 Å². The van der Waals surface area contributed by atoms with Crippen molar-refractivity contribution in [2.45, 2.75) is 13.5 Å². The second-order valence-corrected chi connectivity index (χ2v) is 6.40. The first kappa shape index (κ1) is 16.4. The molecule has 26 heavy (non-hydrogen) atoms. The van der Waals surface area contributed by atoms with E-state index in [1.54, 1.807) is 47.9 Å². The van der Waals surface area contributed by atoms with Gasteiger partial charge in [-0.2, -0.15) is 0 Å². The fraction of sp³-hybridized carbons (Fsp3) is 0.105. The Balaban J connectivity index is 1.86. The highest BCUT2D eigenvalue weighted by atomic mass is 35.5. The van der Waals surface area contributed by atoms with Crippen molar-refractivity contribution in [1.29, 1.82) is 0 Å². The lowest BCUT2D eigenvalue weighted by Gasteiger charge is -2.14. The van der Waals surface area contributed by atoms with Crippen molar-refractivity contribution in [2.24, 2.45) is 0 Å². The van der Waals surface area contributed by atoms with Crippen LogP contribution in [-0.2, 0) is 11.3 Å². The summed E-state index contributed by atoms with van der Waals surface area (Å²) in [5.41, 5.74) is 1.18. The number of nitrogens with zero attached hydrogens (tertiary/aromatic N) is 2. The number of aryl methyl sites for hydroxylation is 1. The molecular formula is C19H14ClN3O3. The van der Waals surface area contributed by atoms with Gasteiger partial charge in [0.2, 0.25) is 5.91 Å². The van der Waals surface area contributed by atoms with Crippen molar-refractivity contribution in [3.63, 3.8) is 0 Å². The van der Waals surface area contributed by atoms with E-state index in [-0.39, 0.29) is 17.9 Å². The Kier molecular flexibility index (Phi) is 3.97. The molecule has 0 aliphatic rings. The SMILES string of the molecule is Cc1cc(NC(=O)Cn2c3ccccc3c(=O)c3ccc(Cl)cc32)no1. The van der Waals surface area contributed by atoms with Crippen LogP contribution in [0.25, 0.3) is 21.8 Å². The minimum absolute atomic E-state index is 0.00352. The highest BCUT2D eigenvalue weighted by Crippen LogP contribution is 2.22. The van der Waals surface area contributed by atoms with Gasteiger partial charge >= 0.3 is 0 Å². The van der Waals surface area contributed by atoms with Crippen molar-refractivity contribution in [3.8, 4) is 0 Å². The summed E-state index contributed by atoms with van der Waals surface area (Å²) >= 11 is 6.12. The van der Waals surface area contributed by atoms with Gasteiger partial charge in [0.05, 0.1) is 11.0 Å². The Labute approximate surface area is 153 Å². The van der Waals surface area contributed by atoms with Crippen molar-refractivity contribution in [2.75, 3.05) is 5.32 Å². The third kappa shape index (κ3) is 2.84. The molecule has 4 aromatic rings. The summed E-state index contributed by atoms with van der Waals surface area (Å²) < 4.78 is 6.74. The predicted molar refractivity (Wildman–Crippen MR) is 101 cm³/mol. The van der Waals surface area contributed by atoms with Crippen LogP contribution in [0.1, 0.15) is 5.76 Å². The van der Waals surface area contributed by atoms with Crippen LogP contribution in [0.4, 0.5) is 5.82 Å². The van der Waals surface area contributed by atoms with Crippen LogP contribution in [0.15, 0.2) is 57.8 Å². The summed E-state index contributed by atoms with van der Waals surface area (Å²) in [6.07, 6.45) is 0. The van der Waals surface area contributed by atoms with Gasteiger partial charge in [0.1, 0.15) is 12.3 Å². The van der Waals surface area contributed by atoms with Gasteiger partial charge in [-0.1, -0.05) is 28.9 Å². The topological polar surface area (TPSA) is 77.1 Å². The number of aromatic nitrogens is 2. The van der Waals surface area contributed by atoms with Crippen molar-refractivity contribution in [3.05, 3.63) is 69.5 Å². The fourth-order valence-corrected chi connectivity index (χ4v) is 3.18. The average molecular weight is 368 g/mol. The van der Waals surface area contributed by atoms with E-state index in [1.807, 2.05) is 12.1 Å². The molecule has 130 valence electrons. The maximum absolute atomic E-state index is 12.8. The number of hydrogen-bond donors (Lipinski definition) is 1. The number of para-hydroxylation sites is 1. The smallest absolute Gasteiger partial charge is 0.245 e. The molecule has 2 aromatic heterocycles. The Hall–Kier alpha value is -3.12. The van der Waals surface area contributed by atoms with Crippen LogP contribution < -0.4 is 10.7 Å². The quantitative estimate of drug-likeness (QED) is 0.559. The van der Waals surface area contributed by atoms with Gasteiger partial charge < -0.3 is 14.4 Å². The Morgan fingerprint density at radius 1 is 1.15 bits per heavy atom. The minimum Gasteiger partial charge on any atom is -0.360 e. The van der Waals surface area contributed by atoms with Crippen LogP contribution in [0.5, 0.6) is 0 Å². The number of nitrogens with one attached hydrogen (secondary N) is 1. The second-order valence-electron chi connectivity index (χ2n) is 5.96. The molecular weight excluding hydrogens is 354 g/mol. The van der Waals surface area contributed by atoms with Gasteiger partial charge in [-0.25, -0.2) is 0 Å². The maximum Gasteiger partial charge on any atom is 0.245 e. The first-order valence-corrected chi connectivity index (χ1v) is 8.35. The van der Waals surface area contributed by atoms with Gasteiger partial charge in [0, 0.05) is 21.9 Å². The molecule has 0 bridgehead atoms. The van der Waals surface area contributed by atoms with E-state index in [2.05, 4.69) is 10.5 Å². The van der Waals surface area contributed by atoms with Crippen LogP contribution in [-0.4, -0.2) is 15.6 Å². The Morgan fingerprint density at radius 3 is 2.69 bits per heavy atom. The lowest BCUT2D eigenvalue weighted by molar-refractivity contribution is -0.116. The largest absolute Gasteiger partial charge is 0.360 e. The molecule has 0 aliphatic carbocycles. The molecule has 0 radical (unpaired) electrons. The first-order chi connectivity index (χ1) is 12.5. The molecule has 0 unspecified atom stereocenters. The summed E-state index contributed by atoms with van der Waals surface area (Å²) in [5, 5.41) is 8.01. The average Bonchev–Trinajstić information content (AvgIpc) is 3.03. The number of carbonyl (C=O) groups excluding carboxylic acids is 1. The van der Waals surface area contributed by atoms with E-state index in [0.29, 0.717) is 38.4 Å². The van der Waals surface area contributed by atoms with Crippen molar-refractivity contribution in [1.82, 2.24) is 9.72 Å². The number of benzene rings is 2. The van der Waals surface area contributed by atoms with Crippen molar-refractivity contribution >= 4 is 45.1 Å². The molecule has 1 N–H and O–H groups in total. The normalized spacial score (nSPS) is 11.2. The van der Waals surface area contributed by atoms with Gasteiger partial charge in [0.15, 0.2) is 11.2 Å². The molecule has 7 heteroatoms. The van der Waals surface area contributed by atoms with Crippen LogP contribution in [0.3, 0.4) is 0 Å². The number of anilines is 1. The lowest BCUT2D eigenvalue weighted by Crippen LogP contribution is -2.21. The third-order valence-electron chi connectivity index (χ3n) is 4.13.